The Balaban J connectivity index is 2.23. The number of hydrogen-bond donors (Lipinski definition) is 1. The second-order valence-corrected chi connectivity index (χ2v) is 5.87. The molecule has 3 heterocycles. The highest BCUT2D eigenvalue weighted by Crippen LogP contribution is 2.31. The number of alkyl halides is 1. The summed E-state index contributed by atoms with van der Waals surface area (Å²) in [4.78, 5) is 16.2. The molecule has 1 fully saturated rings. The molecule has 0 aromatic carbocycles. The lowest BCUT2D eigenvalue weighted by Gasteiger charge is -2.16. The number of nitrogens with one attached hydrogen (secondary N) is 1. The maximum Gasteiger partial charge on any atom is 0.222 e. The van der Waals surface area contributed by atoms with E-state index >= 15 is 0 Å². The van der Waals surface area contributed by atoms with E-state index in [4.69, 9.17) is 11.6 Å². The number of carbonyl (C=O) groups excluding carboxylic acids is 1. The van der Waals surface area contributed by atoms with Crippen molar-refractivity contribution in [2.45, 2.75) is 38.1 Å². The third kappa shape index (κ3) is 1.90. The van der Waals surface area contributed by atoms with E-state index in [1.807, 2.05) is 18.7 Å². The SMILES string of the molecule is CCc1nn(C)c2c1nc(C(C)Cl)n2C1CNC(=O)C1. The number of aryl methyl sites for hydroxylation is 2. The van der Waals surface area contributed by atoms with Crippen LogP contribution in [0.4, 0.5) is 0 Å². The highest BCUT2D eigenvalue weighted by molar-refractivity contribution is 6.20. The van der Waals surface area contributed by atoms with Gasteiger partial charge in [-0.15, -0.1) is 11.6 Å². The van der Waals surface area contributed by atoms with E-state index in [-0.39, 0.29) is 17.3 Å². The molecule has 0 aliphatic carbocycles. The molecule has 0 radical (unpaired) electrons. The number of carbonyl (C=O) groups is 1. The fourth-order valence-corrected chi connectivity index (χ4v) is 3.02. The number of halogens is 1. The third-order valence-electron chi connectivity index (χ3n) is 3.78. The first-order chi connectivity index (χ1) is 9.52. The maximum atomic E-state index is 11.5. The number of aromatic nitrogens is 4. The summed E-state index contributed by atoms with van der Waals surface area (Å²) in [5.41, 5.74) is 2.82. The Hall–Kier alpha value is -1.56. The fraction of sp³-hybridized carbons (Fsp3) is 0.615. The molecule has 6 nitrogen and oxygen atoms in total. The summed E-state index contributed by atoms with van der Waals surface area (Å²) >= 11 is 6.28. The minimum absolute atomic E-state index is 0.0591. The van der Waals surface area contributed by atoms with E-state index in [9.17, 15) is 4.79 Å². The predicted molar refractivity (Wildman–Crippen MR) is 76.8 cm³/mol. The summed E-state index contributed by atoms with van der Waals surface area (Å²) in [5.74, 6) is 0.883. The molecule has 1 aliphatic rings. The standard InChI is InChI=1S/C13H18ClN5O/c1-4-9-11-13(18(3)17-9)19(12(16-11)7(2)14)8-5-10(20)15-6-8/h7-8H,4-6H2,1-3H3,(H,15,20). The van der Waals surface area contributed by atoms with Gasteiger partial charge in [-0.3, -0.25) is 9.48 Å². The molecule has 0 bridgehead atoms. The van der Waals surface area contributed by atoms with E-state index < -0.39 is 0 Å². The van der Waals surface area contributed by atoms with Crippen molar-refractivity contribution in [1.82, 2.24) is 24.6 Å². The lowest BCUT2D eigenvalue weighted by atomic mass is 10.2. The molecule has 2 unspecified atom stereocenters. The van der Waals surface area contributed by atoms with E-state index in [1.165, 1.54) is 0 Å². The van der Waals surface area contributed by atoms with Gasteiger partial charge in [-0.2, -0.15) is 5.10 Å². The Morgan fingerprint density at radius 3 is 2.85 bits per heavy atom. The second-order valence-electron chi connectivity index (χ2n) is 5.21. The summed E-state index contributed by atoms with van der Waals surface area (Å²) in [5, 5.41) is 7.17. The zero-order valence-electron chi connectivity index (χ0n) is 11.9. The Labute approximate surface area is 122 Å². The highest BCUT2D eigenvalue weighted by atomic mass is 35.5. The topological polar surface area (TPSA) is 64.7 Å². The van der Waals surface area contributed by atoms with E-state index in [0.717, 1.165) is 29.1 Å². The van der Waals surface area contributed by atoms with Crippen LogP contribution in [0, 0.1) is 0 Å². The zero-order valence-corrected chi connectivity index (χ0v) is 12.6. The Morgan fingerprint density at radius 2 is 2.30 bits per heavy atom. The van der Waals surface area contributed by atoms with Crippen molar-refractivity contribution in [3.05, 3.63) is 11.5 Å². The molecule has 0 saturated carbocycles. The molecule has 3 rings (SSSR count). The van der Waals surface area contributed by atoms with Gasteiger partial charge in [0, 0.05) is 20.0 Å². The molecule has 1 N–H and O–H groups in total. The third-order valence-corrected chi connectivity index (χ3v) is 3.97. The summed E-state index contributed by atoms with van der Waals surface area (Å²) < 4.78 is 3.92. The summed E-state index contributed by atoms with van der Waals surface area (Å²) in [7, 11) is 1.91. The highest BCUT2D eigenvalue weighted by Gasteiger charge is 2.30. The van der Waals surface area contributed by atoms with Crippen LogP contribution in [0.2, 0.25) is 0 Å². The minimum Gasteiger partial charge on any atom is -0.354 e. The summed E-state index contributed by atoms with van der Waals surface area (Å²) in [6.45, 7) is 4.58. The lowest BCUT2D eigenvalue weighted by Crippen LogP contribution is -2.18. The quantitative estimate of drug-likeness (QED) is 0.877. The van der Waals surface area contributed by atoms with Crippen LogP contribution in [0.3, 0.4) is 0 Å². The van der Waals surface area contributed by atoms with Gasteiger partial charge in [-0.25, -0.2) is 4.98 Å². The average Bonchev–Trinajstić information content (AvgIpc) is 3.04. The number of amides is 1. The van der Waals surface area contributed by atoms with Gasteiger partial charge in [0.1, 0.15) is 11.3 Å². The predicted octanol–water partition coefficient (Wildman–Crippen LogP) is 1.69. The van der Waals surface area contributed by atoms with Crippen LogP contribution in [-0.2, 0) is 18.3 Å². The first-order valence-electron chi connectivity index (χ1n) is 6.87. The molecule has 7 heteroatoms. The van der Waals surface area contributed by atoms with Crippen molar-refractivity contribution in [2.24, 2.45) is 7.05 Å². The molecule has 0 spiro atoms. The average molecular weight is 296 g/mol. The van der Waals surface area contributed by atoms with Crippen LogP contribution in [0.1, 0.15) is 43.2 Å². The van der Waals surface area contributed by atoms with Crippen LogP contribution in [0.25, 0.3) is 11.2 Å². The van der Waals surface area contributed by atoms with Crippen LogP contribution >= 0.6 is 11.6 Å². The van der Waals surface area contributed by atoms with Crippen LogP contribution in [-0.4, -0.2) is 31.8 Å². The molecular weight excluding hydrogens is 278 g/mol. The summed E-state index contributed by atoms with van der Waals surface area (Å²) in [6.07, 6.45) is 1.29. The van der Waals surface area contributed by atoms with Crippen molar-refractivity contribution in [1.29, 1.82) is 0 Å². The van der Waals surface area contributed by atoms with Crippen LogP contribution in [0.5, 0.6) is 0 Å². The monoisotopic (exact) mass is 295 g/mol. The molecule has 108 valence electrons. The molecule has 20 heavy (non-hydrogen) atoms. The van der Waals surface area contributed by atoms with Crippen molar-refractivity contribution in [2.75, 3.05) is 6.54 Å². The molecule has 2 atom stereocenters. The van der Waals surface area contributed by atoms with Gasteiger partial charge in [-0.1, -0.05) is 6.92 Å². The first-order valence-corrected chi connectivity index (χ1v) is 7.31. The number of hydrogen-bond acceptors (Lipinski definition) is 3. The van der Waals surface area contributed by atoms with Gasteiger partial charge in [0.25, 0.3) is 0 Å². The van der Waals surface area contributed by atoms with Gasteiger partial charge < -0.3 is 9.88 Å². The van der Waals surface area contributed by atoms with Crippen molar-refractivity contribution < 1.29 is 4.79 Å². The number of nitrogens with zero attached hydrogens (tertiary/aromatic N) is 4. The fourth-order valence-electron chi connectivity index (χ4n) is 2.87. The van der Waals surface area contributed by atoms with Crippen molar-refractivity contribution in [3.8, 4) is 0 Å². The van der Waals surface area contributed by atoms with E-state index in [1.54, 1.807) is 0 Å². The zero-order chi connectivity index (χ0) is 14.4. The van der Waals surface area contributed by atoms with Gasteiger partial charge in [0.15, 0.2) is 5.65 Å². The molecule has 2 aromatic rings. The van der Waals surface area contributed by atoms with Crippen molar-refractivity contribution in [3.63, 3.8) is 0 Å². The maximum absolute atomic E-state index is 11.5. The summed E-state index contributed by atoms with van der Waals surface area (Å²) in [6, 6.07) is 0.0591. The largest absolute Gasteiger partial charge is 0.354 e. The van der Waals surface area contributed by atoms with Crippen LogP contribution in [0.15, 0.2) is 0 Å². The smallest absolute Gasteiger partial charge is 0.222 e. The molecule has 1 saturated heterocycles. The normalized spacial score (nSPS) is 20.6. The van der Waals surface area contributed by atoms with Gasteiger partial charge in [-0.05, 0) is 13.3 Å². The van der Waals surface area contributed by atoms with E-state index in [0.29, 0.717) is 13.0 Å². The Morgan fingerprint density at radius 1 is 1.55 bits per heavy atom. The Bertz CT molecular complexity index is 672. The molecule has 1 aliphatic heterocycles. The van der Waals surface area contributed by atoms with Gasteiger partial charge >= 0.3 is 0 Å². The number of rotatable bonds is 3. The molecular formula is C13H18ClN5O. The first kappa shape index (κ1) is 13.4. The number of imidazole rings is 1. The lowest BCUT2D eigenvalue weighted by molar-refractivity contribution is -0.119. The van der Waals surface area contributed by atoms with Gasteiger partial charge in [0.05, 0.1) is 17.1 Å². The minimum atomic E-state index is -0.206. The Kier molecular flexibility index (Phi) is 3.20. The van der Waals surface area contributed by atoms with E-state index in [2.05, 4.69) is 26.9 Å². The van der Waals surface area contributed by atoms with Crippen LogP contribution < -0.4 is 5.32 Å². The molecule has 1 amide bonds. The van der Waals surface area contributed by atoms with Crippen molar-refractivity contribution >= 4 is 28.7 Å². The number of fused-ring (bicyclic) bond motifs is 1. The molecule has 2 aromatic heterocycles. The second kappa shape index (κ2) is 4.77. The van der Waals surface area contributed by atoms with Gasteiger partial charge in [0.2, 0.25) is 5.91 Å².